The summed E-state index contributed by atoms with van der Waals surface area (Å²) in [6.07, 6.45) is 1.18. The Balaban J connectivity index is 1.49. The minimum Gasteiger partial charge on any atom is -0.480 e. The SMILES string of the molecule is O=C(O)[C@H](CCc1ccccc1)N[C@@H](Cc1ccc(-c2cccc(Cl)c2)cc1)C(=O)NC1=NNNN1. The maximum Gasteiger partial charge on any atom is 0.320 e. The van der Waals surface area contributed by atoms with E-state index in [1.54, 1.807) is 0 Å². The fourth-order valence-corrected chi connectivity index (χ4v) is 4.09. The first-order valence-electron chi connectivity index (χ1n) is 11.5. The van der Waals surface area contributed by atoms with Crippen LogP contribution in [0.15, 0.2) is 84.0 Å². The van der Waals surface area contributed by atoms with Gasteiger partial charge in [-0.25, -0.2) is 5.53 Å². The van der Waals surface area contributed by atoms with E-state index >= 15 is 0 Å². The second kappa shape index (κ2) is 12.2. The highest BCUT2D eigenvalue weighted by molar-refractivity contribution is 6.30. The molecule has 10 heteroatoms. The van der Waals surface area contributed by atoms with Crippen LogP contribution in [0, 0.1) is 0 Å². The molecule has 1 aliphatic heterocycles. The molecule has 0 radical (unpaired) electrons. The first kappa shape index (κ1) is 25.2. The summed E-state index contributed by atoms with van der Waals surface area (Å²) in [4.78, 5) is 25.1. The van der Waals surface area contributed by atoms with E-state index in [2.05, 4.69) is 32.2 Å². The number of hydrogen-bond donors (Lipinski definition) is 6. The van der Waals surface area contributed by atoms with Crippen LogP contribution >= 0.6 is 11.6 Å². The third kappa shape index (κ3) is 7.05. The Kier molecular flexibility index (Phi) is 8.51. The summed E-state index contributed by atoms with van der Waals surface area (Å²) in [6.45, 7) is 0. The molecule has 0 aliphatic carbocycles. The highest BCUT2D eigenvalue weighted by Gasteiger charge is 2.27. The Hall–Kier alpha value is -3.92. The van der Waals surface area contributed by atoms with Gasteiger partial charge in [0.15, 0.2) is 0 Å². The summed E-state index contributed by atoms with van der Waals surface area (Å²) in [5.74, 6) is -1.23. The number of benzene rings is 3. The van der Waals surface area contributed by atoms with E-state index < -0.39 is 24.0 Å². The van der Waals surface area contributed by atoms with Crippen molar-refractivity contribution < 1.29 is 14.7 Å². The average Bonchev–Trinajstić information content (AvgIpc) is 3.39. The topological polar surface area (TPSA) is 127 Å². The predicted octanol–water partition coefficient (Wildman–Crippen LogP) is 2.59. The van der Waals surface area contributed by atoms with Crippen LogP contribution < -0.4 is 27.1 Å². The number of carbonyl (C=O) groups is 2. The van der Waals surface area contributed by atoms with Gasteiger partial charge in [0, 0.05) is 5.02 Å². The summed E-state index contributed by atoms with van der Waals surface area (Å²) < 4.78 is 0. The number of amides is 1. The van der Waals surface area contributed by atoms with Crippen molar-refractivity contribution in [2.24, 2.45) is 5.10 Å². The zero-order valence-electron chi connectivity index (χ0n) is 19.4. The Morgan fingerprint density at radius 1 is 0.917 bits per heavy atom. The fourth-order valence-electron chi connectivity index (χ4n) is 3.90. The van der Waals surface area contributed by atoms with Gasteiger partial charge in [-0.2, -0.15) is 0 Å². The first-order chi connectivity index (χ1) is 17.5. The summed E-state index contributed by atoms with van der Waals surface area (Å²) in [6, 6.07) is 23.2. The van der Waals surface area contributed by atoms with Gasteiger partial charge in [-0.05, 0) is 53.6 Å². The molecule has 9 nitrogen and oxygen atoms in total. The molecule has 6 N–H and O–H groups in total. The molecule has 1 amide bonds. The zero-order valence-corrected chi connectivity index (χ0v) is 20.1. The van der Waals surface area contributed by atoms with Crippen molar-refractivity contribution in [3.63, 3.8) is 0 Å². The number of aryl methyl sites for hydroxylation is 1. The molecule has 0 saturated carbocycles. The number of hydrazine groups is 2. The maximum atomic E-state index is 13.1. The lowest BCUT2D eigenvalue weighted by Crippen LogP contribution is -2.55. The van der Waals surface area contributed by atoms with E-state index in [9.17, 15) is 14.7 Å². The highest BCUT2D eigenvalue weighted by Crippen LogP contribution is 2.23. The third-order valence-electron chi connectivity index (χ3n) is 5.78. The Morgan fingerprint density at radius 3 is 2.36 bits per heavy atom. The second-order valence-corrected chi connectivity index (χ2v) is 8.79. The van der Waals surface area contributed by atoms with Crippen LogP contribution in [0.3, 0.4) is 0 Å². The zero-order chi connectivity index (χ0) is 25.3. The van der Waals surface area contributed by atoms with Gasteiger partial charge in [-0.1, -0.05) is 78.3 Å². The molecule has 0 bridgehead atoms. The molecule has 1 heterocycles. The van der Waals surface area contributed by atoms with Crippen molar-refractivity contribution >= 4 is 29.4 Å². The molecule has 3 aromatic rings. The number of hydrazone groups is 1. The van der Waals surface area contributed by atoms with Gasteiger partial charge in [-0.3, -0.25) is 25.6 Å². The van der Waals surface area contributed by atoms with Gasteiger partial charge in [0.05, 0.1) is 6.04 Å². The lowest BCUT2D eigenvalue weighted by Gasteiger charge is -2.23. The molecular formula is C26H27ClN6O3. The molecule has 3 aromatic carbocycles. The Labute approximate surface area is 213 Å². The fraction of sp³-hybridized carbons (Fsp3) is 0.192. The van der Waals surface area contributed by atoms with E-state index in [0.29, 0.717) is 17.9 Å². The Bertz CT molecular complexity index is 1220. The molecule has 1 aliphatic rings. The summed E-state index contributed by atoms with van der Waals surface area (Å²) in [5.41, 5.74) is 11.6. The van der Waals surface area contributed by atoms with Crippen LogP contribution in [-0.2, 0) is 22.4 Å². The molecule has 0 unspecified atom stereocenters. The van der Waals surface area contributed by atoms with Crippen LogP contribution in [0.25, 0.3) is 11.1 Å². The standard InChI is InChI=1S/C26H27ClN6O3/c27-21-8-4-7-20(16-21)19-12-9-18(10-13-19)15-23(24(34)29-26-30-32-33-31-26)28-22(25(35)36)14-11-17-5-2-1-3-6-17/h1-10,12-13,16,22-23,28,32-33H,11,14-15H2,(H,35,36)(H2,29,30,31,34)/t22-,23-/m0/s1. The molecule has 0 spiro atoms. The minimum atomic E-state index is -1.01. The number of carboxylic acid groups (broad SMARTS) is 1. The number of carboxylic acids is 1. The van der Waals surface area contributed by atoms with Crippen LogP contribution in [0.5, 0.6) is 0 Å². The van der Waals surface area contributed by atoms with Crippen molar-refractivity contribution in [2.45, 2.75) is 31.3 Å². The van der Waals surface area contributed by atoms with Crippen molar-refractivity contribution in [1.29, 1.82) is 0 Å². The van der Waals surface area contributed by atoms with Crippen molar-refractivity contribution in [1.82, 2.24) is 27.1 Å². The smallest absolute Gasteiger partial charge is 0.320 e. The summed E-state index contributed by atoms with van der Waals surface area (Å²) in [7, 11) is 0. The molecule has 0 fully saturated rings. The average molecular weight is 507 g/mol. The molecule has 0 saturated heterocycles. The molecule has 4 rings (SSSR count). The molecule has 0 aromatic heterocycles. The van der Waals surface area contributed by atoms with Crippen molar-refractivity contribution in [3.8, 4) is 11.1 Å². The van der Waals surface area contributed by atoms with E-state index in [1.807, 2.05) is 78.9 Å². The van der Waals surface area contributed by atoms with Gasteiger partial charge in [0.25, 0.3) is 0 Å². The quantitative estimate of drug-likeness (QED) is 0.249. The molecular weight excluding hydrogens is 480 g/mol. The van der Waals surface area contributed by atoms with E-state index in [0.717, 1.165) is 22.3 Å². The maximum absolute atomic E-state index is 13.1. The number of carbonyl (C=O) groups excluding carboxylic acids is 1. The van der Waals surface area contributed by atoms with Gasteiger partial charge < -0.3 is 5.11 Å². The van der Waals surface area contributed by atoms with Crippen LogP contribution in [0.4, 0.5) is 0 Å². The summed E-state index contributed by atoms with van der Waals surface area (Å²) >= 11 is 6.11. The van der Waals surface area contributed by atoms with Gasteiger partial charge in [0.1, 0.15) is 6.04 Å². The normalized spacial score (nSPS) is 14.2. The second-order valence-electron chi connectivity index (χ2n) is 8.36. The molecule has 186 valence electrons. The largest absolute Gasteiger partial charge is 0.480 e. The van der Waals surface area contributed by atoms with E-state index in [-0.39, 0.29) is 12.4 Å². The number of nitrogens with zero attached hydrogens (tertiary/aromatic N) is 1. The van der Waals surface area contributed by atoms with Gasteiger partial charge in [0.2, 0.25) is 11.9 Å². The minimum absolute atomic E-state index is 0.194. The van der Waals surface area contributed by atoms with Gasteiger partial charge >= 0.3 is 5.97 Å². The lowest BCUT2D eigenvalue weighted by atomic mass is 9.99. The monoisotopic (exact) mass is 506 g/mol. The highest BCUT2D eigenvalue weighted by atomic mass is 35.5. The van der Waals surface area contributed by atoms with Gasteiger partial charge in [-0.15, -0.1) is 10.6 Å². The number of halogens is 1. The summed E-state index contributed by atoms with van der Waals surface area (Å²) in [5, 5.41) is 20.1. The van der Waals surface area contributed by atoms with Crippen LogP contribution in [0.2, 0.25) is 5.02 Å². The van der Waals surface area contributed by atoms with E-state index in [4.69, 9.17) is 11.6 Å². The third-order valence-corrected chi connectivity index (χ3v) is 6.01. The number of hydrogen-bond acceptors (Lipinski definition) is 7. The van der Waals surface area contributed by atoms with E-state index in [1.165, 1.54) is 0 Å². The lowest BCUT2D eigenvalue weighted by molar-refractivity contribution is -0.140. The molecule has 2 atom stereocenters. The van der Waals surface area contributed by atoms with Crippen molar-refractivity contribution in [2.75, 3.05) is 0 Å². The number of aliphatic carboxylic acids is 1. The van der Waals surface area contributed by atoms with Crippen molar-refractivity contribution in [3.05, 3.63) is 95.0 Å². The molecule has 36 heavy (non-hydrogen) atoms. The number of guanidine groups is 1. The Morgan fingerprint density at radius 2 is 1.69 bits per heavy atom. The number of rotatable bonds is 10. The van der Waals surface area contributed by atoms with Crippen LogP contribution in [-0.4, -0.2) is 35.0 Å². The first-order valence-corrected chi connectivity index (χ1v) is 11.9. The predicted molar refractivity (Wildman–Crippen MR) is 139 cm³/mol. The number of nitrogens with one attached hydrogen (secondary N) is 5. The van der Waals surface area contributed by atoms with Crippen LogP contribution in [0.1, 0.15) is 17.5 Å².